The Balaban J connectivity index is 2.25. The maximum Gasteiger partial charge on any atom is 0.236 e. The Bertz CT molecular complexity index is 290. The smallest absolute Gasteiger partial charge is 0.236 e. The van der Waals surface area contributed by atoms with Gasteiger partial charge < -0.3 is 11.1 Å². The molecular weight excluding hydrogens is 262 g/mol. The number of carbonyl (C=O) groups excluding carboxylic acids is 1. The molecule has 0 aromatic rings. The molecule has 1 rings (SSSR count). The first-order valence-electron chi connectivity index (χ1n) is 8.70. The van der Waals surface area contributed by atoms with Crippen LogP contribution in [-0.2, 0) is 4.79 Å². The zero-order valence-corrected chi connectivity index (χ0v) is 14.4. The van der Waals surface area contributed by atoms with Crippen molar-refractivity contribution >= 4 is 5.91 Å². The molecule has 1 saturated carbocycles. The van der Waals surface area contributed by atoms with E-state index in [-0.39, 0.29) is 11.9 Å². The molecule has 3 N–H and O–H groups in total. The Labute approximate surface area is 130 Å². The molecule has 0 radical (unpaired) electrons. The van der Waals surface area contributed by atoms with Crippen molar-refractivity contribution in [3.05, 3.63) is 0 Å². The van der Waals surface area contributed by atoms with Crippen LogP contribution in [0.5, 0.6) is 0 Å². The molecule has 1 atom stereocenters. The highest BCUT2D eigenvalue weighted by Crippen LogP contribution is 2.26. The molecule has 1 fully saturated rings. The fourth-order valence-electron chi connectivity index (χ4n) is 3.44. The number of rotatable bonds is 8. The molecule has 1 amide bonds. The third-order valence-corrected chi connectivity index (χ3v) is 4.64. The van der Waals surface area contributed by atoms with Crippen molar-refractivity contribution in [1.82, 2.24) is 10.2 Å². The molecule has 0 saturated heterocycles. The SMILES string of the molecule is CC(C)N(CCNC(=O)C(N)CC1CCCCC1)C(C)C. The second-order valence-electron chi connectivity index (χ2n) is 7.06. The molecule has 1 aliphatic rings. The standard InChI is InChI=1S/C17H35N3O/c1-13(2)20(14(3)4)11-10-19-17(21)16(18)12-15-8-6-5-7-9-15/h13-16H,5-12,18H2,1-4H3,(H,19,21). The lowest BCUT2D eigenvalue weighted by Gasteiger charge is -2.30. The van der Waals surface area contributed by atoms with Crippen molar-refractivity contribution in [2.24, 2.45) is 11.7 Å². The van der Waals surface area contributed by atoms with E-state index in [1.807, 2.05) is 0 Å². The van der Waals surface area contributed by atoms with Gasteiger partial charge >= 0.3 is 0 Å². The highest BCUT2D eigenvalue weighted by molar-refractivity contribution is 5.81. The monoisotopic (exact) mass is 297 g/mol. The summed E-state index contributed by atoms with van der Waals surface area (Å²) in [5.41, 5.74) is 6.06. The summed E-state index contributed by atoms with van der Waals surface area (Å²) in [5.74, 6) is 0.676. The molecule has 124 valence electrons. The zero-order chi connectivity index (χ0) is 15.8. The van der Waals surface area contributed by atoms with Crippen molar-refractivity contribution in [3.8, 4) is 0 Å². The molecule has 0 aromatic heterocycles. The molecular formula is C17H35N3O. The average Bonchev–Trinajstić information content (AvgIpc) is 2.43. The highest BCUT2D eigenvalue weighted by Gasteiger charge is 2.21. The fraction of sp³-hybridized carbons (Fsp3) is 0.941. The minimum atomic E-state index is -0.334. The van der Waals surface area contributed by atoms with Gasteiger partial charge in [-0.3, -0.25) is 9.69 Å². The van der Waals surface area contributed by atoms with Crippen LogP contribution in [0.1, 0.15) is 66.2 Å². The molecule has 4 nitrogen and oxygen atoms in total. The van der Waals surface area contributed by atoms with Crippen molar-refractivity contribution in [2.75, 3.05) is 13.1 Å². The minimum Gasteiger partial charge on any atom is -0.353 e. The van der Waals surface area contributed by atoms with E-state index in [2.05, 4.69) is 37.9 Å². The summed E-state index contributed by atoms with van der Waals surface area (Å²) in [6, 6.07) is 0.662. The molecule has 0 aromatic carbocycles. The summed E-state index contributed by atoms with van der Waals surface area (Å²) < 4.78 is 0. The number of hydrogen-bond acceptors (Lipinski definition) is 3. The second-order valence-corrected chi connectivity index (χ2v) is 7.06. The minimum absolute atomic E-state index is 0.0213. The summed E-state index contributed by atoms with van der Waals surface area (Å²) >= 11 is 0. The predicted molar refractivity (Wildman–Crippen MR) is 89.2 cm³/mol. The largest absolute Gasteiger partial charge is 0.353 e. The Morgan fingerprint density at radius 3 is 2.24 bits per heavy atom. The van der Waals surface area contributed by atoms with Crippen LogP contribution >= 0.6 is 0 Å². The van der Waals surface area contributed by atoms with Crippen LogP contribution < -0.4 is 11.1 Å². The number of nitrogens with one attached hydrogen (secondary N) is 1. The lowest BCUT2D eigenvalue weighted by Crippen LogP contribution is -2.46. The Morgan fingerprint density at radius 2 is 1.71 bits per heavy atom. The third-order valence-electron chi connectivity index (χ3n) is 4.64. The van der Waals surface area contributed by atoms with Crippen LogP contribution in [0.4, 0.5) is 0 Å². The highest BCUT2D eigenvalue weighted by atomic mass is 16.2. The maximum absolute atomic E-state index is 12.1. The number of carbonyl (C=O) groups is 1. The van der Waals surface area contributed by atoms with E-state index in [4.69, 9.17) is 5.73 Å². The van der Waals surface area contributed by atoms with Crippen LogP contribution in [0.15, 0.2) is 0 Å². The summed E-state index contributed by atoms with van der Waals surface area (Å²) in [7, 11) is 0. The summed E-state index contributed by atoms with van der Waals surface area (Å²) in [6.45, 7) is 10.3. The Kier molecular flexibility index (Phi) is 8.27. The van der Waals surface area contributed by atoms with Crippen LogP contribution in [0, 0.1) is 5.92 Å². The Hall–Kier alpha value is -0.610. The van der Waals surface area contributed by atoms with Crippen molar-refractivity contribution in [2.45, 2.75) is 84.3 Å². The van der Waals surface area contributed by atoms with Gasteiger partial charge in [-0.2, -0.15) is 0 Å². The molecule has 0 spiro atoms. The third kappa shape index (κ3) is 6.79. The van der Waals surface area contributed by atoms with Gasteiger partial charge in [-0.05, 0) is 40.0 Å². The van der Waals surface area contributed by atoms with Gasteiger partial charge in [0.2, 0.25) is 5.91 Å². The lowest BCUT2D eigenvalue weighted by molar-refractivity contribution is -0.122. The lowest BCUT2D eigenvalue weighted by atomic mass is 9.85. The van der Waals surface area contributed by atoms with E-state index < -0.39 is 0 Å². The maximum atomic E-state index is 12.1. The number of hydrogen-bond donors (Lipinski definition) is 2. The van der Waals surface area contributed by atoms with Gasteiger partial charge in [0, 0.05) is 25.2 Å². The van der Waals surface area contributed by atoms with Crippen molar-refractivity contribution in [1.29, 1.82) is 0 Å². The quantitative estimate of drug-likeness (QED) is 0.724. The topological polar surface area (TPSA) is 58.4 Å². The normalized spacial score (nSPS) is 18.5. The fourth-order valence-corrected chi connectivity index (χ4v) is 3.44. The van der Waals surface area contributed by atoms with E-state index in [0.717, 1.165) is 13.0 Å². The molecule has 1 unspecified atom stereocenters. The van der Waals surface area contributed by atoms with E-state index in [9.17, 15) is 4.79 Å². The van der Waals surface area contributed by atoms with Gasteiger partial charge in [-0.15, -0.1) is 0 Å². The molecule has 0 heterocycles. The first kappa shape index (κ1) is 18.4. The number of nitrogens with zero attached hydrogens (tertiary/aromatic N) is 1. The van der Waals surface area contributed by atoms with Gasteiger partial charge in [0.1, 0.15) is 0 Å². The zero-order valence-electron chi connectivity index (χ0n) is 14.4. The van der Waals surface area contributed by atoms with Gasteiger partial charge in [0.25, 0.3) is 0 Å². The second kappa shape index (κ2) is 9.42. The van der Waals surface area contributed by atoms with E-state index >= 15 is 0 Å². The van der Waals surface area contributed by atoms with Crippen molar-refractivity contribution < 1.29 is 4.79 Å². The van der Waals surface area contributed by atoms with E-state index in [0.29, 0.717) is 24.5 Å². The van der Waals surface area contributed by atoms with Crippen LogP contribution in [-0.4, -0.2) is 42.0 Å². The summed E-state index contributed by atoms with van der Waals surface area (Å²) in [6.07, 6.45) is 7.29. The summed E-state index contributed by atoms with van der Waals surface area (Å²) in [4.78, 5) is 14.5. The molecule has 21 heavy (non-hydrogen) atoms. The molecule has 0 bridgehead atoms. The summed E-state index contributed by atoms with van der Waals surface area (Å²) in [5, 5.41) is 3.01. The van der Waals surface area contributed by atoms with Gasteiger partial charge in [0.15, 0.2) is 0 Å². The molecule has 1 aliphatic carbocycles. The van der Waals surface area contributed by atoms with Crippen LogP contribution in [0.3, 0.4) is 0 Å². The van der Waals surface area contributed by atoms with E-state index in [1.165, 1.54) is 32.1 Å². The number of nitrogens with two attached hydrogens (primary N) is 1. The molecule has 4 heteroatoms. The first-order valence-corrected chi connectivity index (χ1v) is 8.70. The van der Waals surface area contributed by atoms with E-state index in [1.54, 1.807) is 0 Å². The van der Waals surface area contributed by atoms with Gasteiger partial charge in [-0.25, -0.2) is 0 Å². The first-order chi connectivity index (χ1) is 9.91. The van der Waals surface area contributed by atoms with Gasteiger partial charge in [-0.1, -0.05) is 32.1 Å². The van der Waals surface area contributed by atoms with Crippen LogP contribution in [0.25, 0.3) is 0 Å². The van der Waals surface area contributed by atoms with Crippen molar-refractivity contribution in [3.63, 3.8) is 0 Å². The molecule has 0 aliphatic heterocycles. The average molecular weight is 297 g/mol. The Morgan fingerprint density at radius 1 is 1.14 bits per heavy atom. The van der Waals surface area contributed by atoms with Gasteiger partial charge in [0.05, 0.1) is 6.04 Å². The predicted octanol–water partition coefficient (Wildman–Crippen LogP) is 2.52. The van der Waals surface area contributed by atoms with Crippen LogP contribution in [0.2, 0.25) is 0 Å². The number of amides is 1.